The number of carboxylic acid groups (broad SMARTS) is 1. The number of morpholine rings is 1. The van der Waals surface area contributed by atoms with Crippen LogP contribution in [0.2, 0.25) is 0 Å². The molecule has 1 aromatic heterocycles. The summed E-state index contributed by atoms with van der Waals surface area (Å²) >= 11 is 0. The Morgan fingerprint density at radius 2 is 1.58 bits per heavy atom. The summed E-state index contributed by atoms with van der Waals surface area (Å²) in [5.41, 5.74) is 3.41. The van der Waals surface area contributed by atoms with E-state index in [1.54, 1.807) is 0 Å². The highest BCUT2D eigenvalue weighted by molar-refractivity contribution is 5.73. The third-order valence-corrected chi connectivity index (χ3v) is 5.33. The first-order valence-corrected chi connectivity index (χ1v) is 10.6. The van der Waals surface area contributed by atoms with Crippen molar-refractivity contribution >= 4 is 28.8 Å². The van der Waals surface area contributed by atoms with Crippen molar-refractivity contribution in [3.63, 3.8) is 0 Å². The molecular weight excluding hydrogens is 441 g/mol. The van der Waals surface area contributed by atoms with Gasteiger partial charge in [0.1, 0.15) is 5.82 Å². The van der Waals surface area contributed by atoms with Gasteiger partial charge in [0.05, 0.1) is 19.3 Å². The van der Waals surface area contributed by atoms with Crippen LogP contribution in [-0.4, -0.2) is 72.8 Å². The topological polar surface area (TPSA) is 98.2 Å². The van der Waals surface area contributed by atoms with Crippen LogP contribution in [0.15, 0.2) is 42.6 Å². The number of ether oxygens (including phenoxy) is 1. The zero-order valence-corrected chi connectivity index (χ0v) is 18.0. The molecule has 3 N–H and O–H groups in total. The van der Waals surface area contributed by atoms with Gasteiger partial charge in [-0.1, -0.05) is 0 Å². The van der Waals surface area contributed by atoms with Gasteiger partial charge in [-0.25, -0.2) is 9.78 Å². The first kappa shape index (κ1) is 24.6. The van der Waals surface area contributed by atoms with Crippen molar-refractivity contribution in [2.45, 2.75) is 25.1 Å². The Morgan fingerprint density at radius 1 is 1.00 bits per heavy atom. The van der Waals surface area contributed by atoms with Crippen LogP contribution in [0.1, 0.15) is 12.8 Å². The van der Waals surface area contributed by atoms with Crippen LogP contribution in [0.5, 0.6) is 0 Å². The number of halogens is 3. The average molecular weight is 468 g/mol. The average Bonchev–Trinajstić information content (AvgIpc) is 2.81. The van der Waals surface area contributed by atoms with Crippen molar-refractivity contribution in [2.75, 3.05) is 54.5 Å². The van der Waals surface area contributed by atoms with Gasteiger partial charge in [0.15, 0.2) is 0 Å². The molecule has 0 saturated carbocycles. The number of hydrogen-bond acceptors (Lipinski definition) is 7. The molecule has 0 amide bonds. The Bertz CT molecular complexity index is 897. The first-order chi connectivity index (χ1) is 15.7. The SMILES string of the molecule is O=C(O)C(F)(F)F.OC1CCN(c2ccnc(Nc3ccc(N4CCOCC4)cc3)c2)CC1. The standard InChI is InChI=1S/C20H26N4O2.C2HF3O2/c25-19-6-9-23(10-7-19)18-5-8-21-20(15-18)22-16-1-3-17(4-2-16)24-11-13-26-14-12-24;3-2(4,5)1(6)7/h1-5,8,15,19,25H,6-7,9-14H2,(H,21,22);(H,6,7). The number of benzene rings is 1. The monoisotopic (exact) mass is 468 g/mol. The van der Waals surface area contributed by atoms with Crippen LogP contribution >= 0.6 is 0 Å². The highest BCUT2D eigenvalue weighted by atomic mass is 19.4. The van der Waals surface area contributed by atoms with E-state index < -0.39 is 12.1 Å². The summed E-state index contributed by atoms with van der Waals surface area (Å²) in [6.07, 6.45) is -1.75. The lowest BCUT2D eigenvalue weighted by Gasteiger charge is -2.31. The third kappa shape index (κ3) is 7.50. The molecule has 2 aliphatic rings. The maximum absolute atomic E-state index is 10.6. The van der Waals surface area contributed by atoms with Gasteiger partial charge in [0.25, 0.3) is 0 Å². The Kier molecular flexibility index (Phi) is 8.34. The number of piperidine rings is 1. The van der Waals surface area contributed by atoms with Crippen molar-refractivity contribution < 1.29 is 32.9 Å². The highest BCUT2D eigenvalue weighted by Gasteiger charge is 2.38. The largest absolute Gasteiger partial charge is 0.490 e. The molecule has 2 saturated heterocycles. The normalized spacial score (nSPS) is 17.2. The molecule has 11 heteroatoms. The molecule has 2 fully saturated rings. The highest BCUT2D eigenvalue weighted by Crippen LogP contribution is 2.25. The van der Waals surface area contributed by atoms with Gasteiger partial charge >= 0.3 is 12.1 Å². The summed E-state index contributed by atoms with van der Waals surface area (Å²) in [6, 6.07) is 12.6. The molecule has 4 rings (SSSR count). The second-order valence-corrected chi connectivity index (χ2v) is 7.69. The summed E-state index contributed by atoms with van der Waals surface area (Å²) in [7, 11) is 0. The number of alkyl halides is 3. The third-order valence-electron chi connectivity index (χ3n) is 5.33. The predicted octanol–water partition coefficient (Wildman–Crippen LogP) is 3.26. The van der Waals surface area contributed by atoms with Gasteiger partial charge < -0.3 is 30.1 Å². The second kappa shape index (κ2) is 11.2. The molecule has 180 valence electrons. The number of nitrogens with one attached hydrogen (secondary N) is 1. The van der Waals surface area contributed by atoms with Crippen LogP contribution < -0.4 is 15.1 Å². The molecule has 0 bridgehead atoms. The molecule has 0 unspecified atom stereocenters. The van der Waals surface area contributed by atoms with E-state index in [4.69, 9.17) is 14.6 Å². The number of pyridine rings is 1. The Hall–Kier alpha value is -3.05. The molecule has 8 nitrogen and oxygen atoms in total. The molecular formula is C22H27F3N4O4. The summed E-state index contributed by atoms with van der Waals surface area (Å²) in [6.45, 7) is 5.26. The zero-order valence-electron chi connectivity index (χ0n) is 18.0. The molecule has 0 radical (unpaired) electrons. The van der Waals surface area contributed by atoms with Gasteiger partial charge in [-0.3, -0.25) is 0 Å². The Morgan fingerprint density at radius 3 is 2.15 bits per heavy atom. The van der Waals surface area contributed by atoms with E-state index >= 15 is 0 Å². The molecule has 3 heterocycles. The summed E-state index contributed by atoms with van der Waals surface area (Å²) in [5, 5.41) is 20.2. The number of aliphatic hydroxyl groups excluding tert-OH is 1. The van der Waals surface area contributed by atoms with E-state index in [-0.39, 0.29) is 6.10 Å². The van der Waals surface area contributed by atoms with Crippen molar-refractivity contribution in [3.8, 4) is 0 Å². The first-order valence-electron chi connectivity index (χ1n) is 10.6. The molecule has 0 atom stereocenters. The van der Waals surface area contributed by atoms with Gasteiger partial charge in [0, 0.05) is 55.5 Å². The number of rotatable bonds is 4. The number of aromatic nitrogens is 1. The number of anilines is 4. The molecule has 33 heavy (non-hydrogen) atoms. The summed E-state index contributed by atoms with van der Waals surface area (Å²) in [5.74, 6) is -1.92. The lowest BCUT2D eigenvalue weighted by atomic mass is 10.1. The lowest BCUT2D eigenvalue weighted by Crippen LogP contribution is -2.36. The minimum atomic E-state index is -5.08. The quantitative estimate of drug-likeness (QED) is 0.629. The Labute approximate surface area is 189 Å². The number of hydrogen-bond donors (Lipinski definition) is 3. The maximum Gasteiger partial charge on any atom is 0.490 e. The molecule has 0 spiro atoms. The fourth-order valence-electron chi connectivity index (χ4n) is 3.53. The van der Waals surface area contributed by atoms with Crippen molar-refractivity contribution in [2.24, 2.45) is 0 Å². The Balaban J connectivity index is 0.000000383. The van der Waals surface area contributed by atoms with E-state index in [0.29, 0.717) is 0 Å². The van der Waals surface area contributed by atoms with Crippen LogP contribution in [-0.2, 0) is 9.53 Å². The maximum atomic E-state index is 10.6. The van der Waals surface area contributed by atoms with E-state index in [1.165, 1.54) is 5.69 Å². The number of aliphatic hydroxyl groups is 1. The van der Waals surface area contributed by atoms with Crippen molar-refractivity contribution in [1.82, 2.24) is 4.98 Å². The van der Waals surface area contributed by atoms with Gasteiger partial charge in [0.2, 0.25) is 0 Å². The van der Waals surface area contributed by atoms with Gasteiger partial charge in [-0.2, -0.15) is 13.2 Å². The molecule has 0 aliphatic carbocycles. The van der Waals surface area contributed by atoms with E-state index in [2.05, 4.69) is 50.4 Å². The smallest absolute Gasteiger partial charge is 0.475 e. The van der Waals surface area contributed by atoms with Gasteiger partial charge in [-0.15, -0.1) is 0 Å². The lowest BCUT2D eigenvalue weighted by molar-refractivity contribution is -0.192. The van der Waals surface area contributed by atoms with Crippen molar-refractivity contribution in [3.05, 3.63) is 42.6 Å². The zero-order chi connectivity index (χ0) is 23.8. The minimum Gasteiger partial charge on any atom is -0.475 e. The number of carbonyl (C=O) groups is 1. The second-order valence-electron chi connectivity index (χ2n) is 7.69. The van der Waals surface area contributed by atoms with Crippen LogP contribution in [0, 0.1) is 0 Å². The predicted molar refractivity (Wildman–Crippen MR) is 118 cm³/mol. The fourth-order valence-corrected chi connectivity index (χ4v) is 3.53. The van der Waals surface area contributed by atoms with E-state index in [1.807, 2.05) is 12.3 Å². The van der Waals surface area contributed by atoms with Crippen LogP contribution in [0.25, 0.3) is 0 Å². The van der Waals surface area contributed by atoms with Crippen LogP contribution in [0.4, 0.5) is 36.1 Å². The van der Waals surface area contributed by atoms with Crippen molar-refractivity contribution in [1.29, 1.82) is 0 Å². The molecule has 2 aliphatic heterocycles. The number of carboxylic acids is 1. The molecule has 2 aromatic rings. The minimum absolute atomic E-state index is 0.157. The number of nitrogens with zero attached hydrogens (tertiary/aromatic N) is 3. The summed E-state index contributed by atoms with van der Waals surface area (Å²) in [4.78, 5) is 18.0. The van der Waals surface area contributed by atoms with E-state index in [9.17, 15) is 18.3 Å². The van der Waals surface area contributed by atoms with Gasteiger partial charge in [-0.05, 0) is 43.2 Å². The number of aliphatic carboxylic acids is 1. The van der Waals surface area contributed by atoms with Crippen LogP contribution in [0.3, 0.4) is 0 Å². The fraction of sp³-hybridized carbons (Fsp3) is 0.455. The molecule has 1 aromatic carbocycles. The van der Waals surface area contributed by atoms with E-state index in [0.717, 1.165) is 69.4 Å². The summed E-state index contributed by atoms with van der Waals surface area (Å²) < 4.78 is 37.1.